The lowest BCUT2D eigenvalue weighted by molar-refractivity contribution is -0.137. The van der Waals surface area contributed by atoms with Gasteiger partial charge in [-0.1, -0.05) is 54.6 Å². The van der Waals surface area contributed by atoms with Crippen molar-refractivity contribution < 1.29 is 18.0 Å². The van der Waals surface area contributed by atoms with E-state index in [0.717, 1.165) is 17.7 Å². The van der Waals surface area contributed by atoms with Crippen molar-refractivity contribution in [2.45, 2.75) is 12.3 Å². The van der Waals surface area contributed by atoms with E-state index in [0.29, 0.717) is 11.3 Å². The highest BCUT2D eigenvalue weighted by Gasteiger charge is 2.34. The normalized spacial score (nSPS) is 16.6. The van der Waals surface area contributed by atoms with Gasteiger partial charge in [-0.25, -0.2) is 0 Å². The van der Waals surface area contributed by atoms with Crippen molar-refractivity contribution in [3.8, 4) is 0 Å². The molecule has 1 heterocycles. The van der Waals surface area contributed by atoms with Crippen LogP contribution in [0, 0.1) is 0 Å². The van der Waals surface area contributed by atoms with Crippen molar-refractivity contribution in [2.24, 2.45) is 0 Å². The molecule has 146 valence electrons. The number of amides is 1. The molecule has 1 unspecified atom stereocenters. The molecule has 1 aliphatic rings. The summed E-state index contributed by atoms with van der Waals surface area (Å²) in [5, 5.41) is 3.24. The molecule has 29 heavy (non-hydrogen) atoms. The number of carbonyl (C=O) groups excluding carboxylic acids is 1. The summed E-state index contributed by atoms with van der Waals surface area (Å²) >= 11 is 0. The quantitative estimate of drug-likeness (QED) is 0.607. The first-order chi connectivity index (χ1) is 13.9. The maximum atomic E-state index is 13.2. The topological polar surface area (TPSA) is 32.3 Å². The molecular formula is C23H17F3N2O. The van der Waals surface area contributed by atoms with Gasteiger partial charge >= 0.3 is 6.18 Å². The van der Waals surface area contributed by atoms with Gasteiger partial charge in [0, 0.05) is 11.4 Å². The van der Waals surface area contributed by atoms with Crippen LogP contribution >= 0.6 is 0 Å². The Bertz CT molecular complexity index is 1060. The molecule has 0 bridgehead atoms. The molecule has 0 spiro atoms. The van der Waals surface area contributed by atoms with Gasteiger partial charge in [0.15, 0.2) is 0 Å². The zero-order chi connectivity index (χ0) is 20.4. The van der Waals surface area contributed by atoms with Gasteiger partial charge in [0.1, 0.15) is 6.17 Å². The molecule has 1 atom stereocenters. The van der Waals surface area contributed by atoms with Crippen LogP contribution in [0.15, 0.2) is 84.9 Å². The number of alkyl halides is 3. The van der Waals surface area contributed by atoms with E-state index < -0.39 is 17.9 Å². The summed E-state index contributed by atoms with van der Waals surface area (Å²) in [6, 6.07) is 21.2. The Morgan fingerprint density at radius 1 is 0.897 bits per heavy atom. The van der Waals surface area contributed by atoms with E-state index in [4.69, 9.17) is 0 Å². The molecule has 0 saturated carbocycles. The maximum absolute atomic E-state index is 13.2. The molecule has 3 nitrogen and oxygen atoms in total. The van der Waals surface area contributed by atoms with Gasteiger partial charge < -0.3 is 5.32 Å². The monoisotopic (exact) mass is 394 g/mol. The van der Waals surface area contributed by atoms with E-state index >= 15 is 0 Å². The molecule has 1 amide bonds. The summed E-state index contributed by atoms with van der Waals surface area (Å²) < 4.78 is 39.6. The lowest BCUT2D eigenvalue weighted by Gasteiger charge is -2.36. The number of hydrogen-bond donors (Lipinski definition) is 1. The molecule has 4 rings (SSSR count). The second-order valence-electron chi connectivity index (χ2n) is 6.63. The number of para-hydroxylation sites is 1. The van der Waals surface area contributed by atoms with Crippen molar-refractivity contribution in [1.82, 2.24) is 0 Å². The summed E-state index contributed by atoms with van der Waals surface area (Å²) in [6.45, 7) is 0. The van der Waals surface area contributed by atoms with Crippen LogP contribution in [0.25, 0.3) is 6.08 Å². The van der Waals surface area contributed by atoms with Gasteiger partial charge in [-0.2, -0.15) is 13.2 Å². The largest absolute Gasteiger partial charge is 0.416 e. The first kappa shape index (κ1) is 18.8. The molecule has 0 aromatic heterocycles. The second-order valence-corrected chi connectivity index (χ2v) is 6.63. The number of nitrogens with zero attached hydrogens (tertiary/aromatic N) is 1. The Kier molecular flexibility index (Phi) is 4.84. The summed E-state index contributed by atoms with van der Waals surface area (Å²) in [5.74, 6) is -0.360. The van der Waals surface area contributed by atoms with Crippen LogP contribution in [0.5, 0.6) is 0 Å². The Balaban J connectivity index is 1.77. The number of rotatable bonds is 3. The molecular weight excluding hydrogens is 377 g/mol. The Morgan fingerprint density at radius 3 is 2.38 bits per heavy atom. The van der Waals surface area contributed by atoms with Crippen molar-refractivity contribution in [3.63, 3.8) is 0 Å². The van der Waals surface area contributed by atoms with Gasteiger partial charge in [-0.05, 0) is 42.0 Å². The number of anilines is 2. The SMILES string of the molecule is O=C1c2ccccc2NC(C=Cc2ccccc2)N1c1cccc(C(F)(F)F)c1. The third-order valence-electron chi connectivity index (χ3n) is 4.68. The second kappa shape index (κ2) is 7.47. The van der Waals surface area contributed by atoms with E-state index in [-0.39, 0.29) is 11.6 Å². The average molecular weight is 394 g/mol. The fraction of sp³-hybridized carbons (Fsp3) is 0.0870. The van der Waals surface area contributed by atoms with Crippen LogP contribution in [-0.4, -0.2) is 12.1 Å². The molecule has 3 aromatic rings. The van der Waals surface area contributed by atoms with Crippen LogP contribution in [0.2, 0.25) is 0 Å². The zero-order valence-corrected chi connectivity index (χ0v) is 15.2. The Morgan fingerprint density at radius 2 is 1.62 bits per heavy atom. The van der Waals surface area contributed by atoms with Crippen LogP contribution in [0.4, 0.5) is 24.5 Å². The minimum absolute atomic E-state index is 0.175. The zero-order valence-electron chi connectivity index (χ0n) is 15.2. The highest BCUT2D eigenvalue weighted by Crippen LogP contribution is 2.35. The van der Waals surface area contributed by atoms with E-state index in [1.165, 1.54) is 17.0 Å². The lowest BCUT2D eigenvalue weighted by Crippen LogP contribution is -2.48. The summed E-state index contributed by atoms with van der Waals surface area (Å²) in [6.07, 6.45) is -1.53. The number of hydrogen-bond acceptors (Lipinski definition) is 2. The predicted octanol–water partition coefficient (Wildman–Crippen LogP) is 5.82. The molecule has 0 saturated heterocycles. The van der Waals surface area contributed by atoms with Crippen molar-refractivity contribution in [1.29, 1.82) is 0 Å². The predicted molar refractivity (Wildman–Crippen MR) is 108 cm³/mol. The smallest absolute Gasteiger partial charge is 0.361 e. The van der Waals surface area contributed by atoms with Gasteiger partial charge in [0.2, 0.25) is 0 Å². The van der Waals surface area contributed by atoms with Gasteiger partial charge in [-0.15, -0.1) is 0 Å². The maximum Gasteiger partial charge on any atom is 0.416 e. The van der Waals surface area contributed by atoms with Crippen LogP contribution in [0.3, 0.4) is 0 Å². The average Bonchev–Trinajstić information content (AvgIpc) is 2.72. The minimum Gasteiger partial charge on any atom is -0.361 e. The standard InChI is InChI=1S/C23H17F3N2O/c24-23(25,26)17-9-6-10-18(15-17)28-21(14-13-16-7-2-1-3-8-16)27-20-12-5-4-11-19(20)22(28)29/h1-15,21,27H. The van der Waals surface area contributed by atoms with Crippen molar-refractivity contribution in [2.75, 3.05) is 10.2 Å². The fourth-order valence-corrected chi connectivity index (χ4v) is 3.29. The van der Waals surface area contributed by atoms with E-state index in [1.54, 1.807) is 30.3 Å². The van der Waals surface area contributed by atoms with Crippen molar-refractivity contribution in [3.05, 3.63) is 102 Å². The van der Waals surface area contributed by atoms with E-state index in [1.807, 2.05) is 36.4 Å². The molecule has 1 N–H and O–H groups in total. The third-order valence-corrected chi connectivity index (χ3v) is 4.68. The molecule has 0 aliphatic carbocycles. The minimum atomic E-state index is -4.49. The van der Waals surface area contributed by atoms with Crippen LogP contribution < -0.4 is 10.2 Å². The van der Waals surface area contributed by atoms with Crippen LogP contribution in [-0.2, 0) is 6.18 Å². The first-order valence-electron chi connectivity index (χ1n) is 9.03. The molecule has 0 radical (unpaired) electrons. The lowest BCUT2D eigenvalue weighted by atomic mass is 10.0. The number of carbonyl (C=O) groups is 1. The first-order valence-corrected chi connectivity index (χ1v) is 9.03. The Labute approximate surface area is 166 Å². The summed E-state index contributed by atoms with van der Waals surface area (Å²) in [7, 11) is 0. The third kappa shape index (κ3) is 3.87. The van der Waals surface area contributed by atoms with Crippen LogP contribution in [0.1, 0.15) is 21.5 Å². The van der Waals surface area contributed by atoms with Gasteiger partial charge in [-0.3, -0.25) is 9.69 Å². The number of fused-ring (bicyclic) bond motifs is 1. The Hall–Kier alpha value is -3.54. The van der Waals surface area contributed by atoms with Gasteiger partial charge in [0.05, 0.1) is 11.1 Å². The highest BCUT2D eigenvalue weighted by molar-refractivity contribution is 6.12. The summed E-state index contributed by atoms with van der Waals surface area (Å²) in [4.78, 5) is 14.5. The van der Waals surface area contributed by atoms with E-state index in [2.05, 4.69) is 5.32 Å². The fourth-order valence-electron chi connectivity index (χ4n) is 3.29. The summed E-state index contributed by atoms with van der Waals surface area (Å²) in [5.41, 5.74) is 1.35. The number of halogens is 3. The molecule has 0 fully saturated rings. The highest BCUT2D eigenvalue weighted by atomic mass is 19.4. The number of nitrogens with one attached hydrogen (secondary N) is 1. The number of benzene rings is 3. The molecule has 1 aliphatic heterocycles. The van der Waals surface area contributed by atoms with Gasteiger partial charge in [0.25, 0.3) is 5.91 Å². The molecule has 3 aromatic carbocycles. The van der Waals surface area contributed by atoms with Crippen molar-refractivity contribution >= 4 is 23.4 Å². The molecule has 6 heteroatoms. The van der Waals surface area contributed by atoms with E-state index in [9.17, 15) is 18.0 Å².